The molecule has 0 saturated carbocycles. The van der Waals surface area contributed by atoms with Crippen molar-refractivity contribution in [1.29, 1.82) is 0 Å². The van der Waals surface area contributed by atoms with E-state index in [1.807, 2.05) is 0 Å². The van der Waals surface area contributed by atoms with Crippen LogP contribution in [0.15, 0.2) is 11.4 Å². The van der Waals surface area contributed by atoms with Crippen molar-refractivity contribution in [1.82, 2.24) is 19.5 Å². The van der Waals surface area contributed by atoms with Crippen LogP contribution in [0, 0.1) is 0 Å². The summed E-state index contributed by atoms with van der Waals surface area (Å²) in [7, 11) is 0. The standard InChI is InChI=1S/C14H21N5O4S/c1-3-6(2)24-12-8-11(17-14(15)18-12)19(5-16-8)13-10(22)9(21)7(4-20)23-13/h5-7,9-10,13,20-22H,3-4H2,1-2H3,(H2,15,17,18)/t6-,7-,9+,10+,13+/m0/s1. The van der Waals surface area contributed by atoms with Crippen molar-refractivity contribution in [2.24, 2.45) is 0 Å². The van der Waals surface area contributed by atoms with Gasteiger partial charge >= 0.3 is 0 Å². The maximum atomic E-state index is 10.2. The highest BCUT2D eigenvalue weighted by atomic mass is 32.2. The fraction of sp³-hybridized carbons (Fsp3) is 0.643. The lowest BCUT2D eigenvalue weighted by Crippen LogP contribution is -2.33. The SMILES string of the molecule is CC[C@H](C)Sc1nc(N)nc2c1ncn2[C@@H]1O[C@@H](CO)[C@@H](O)[C@H]1O. The highest BCUT2D eigenvalue weighted by Gasteiger charge is 2.44. The van der Waals surface area contributed by atoms with Gasteiger partial charge in [0.15, 0.2) is 11.9 Å². The van der Waals surface area contributed by atoms with E-state index in [-0.39, 0.29) is 5.95 Å². The third-order valence-corrected chi connectivity index (χ3v) is 5.33. The summed E-state index contributed by atoms with van der Waals surface area (Å²) in [4.78, 5) is 12.8. The first-order valence-corrected chi connectivity index (χ1v) is 8.63. The molecule has 0 amide bonds. The Labute approximate surface area is 142 Å². The fourth-order valence-corrected chi connectivity index (χ4v) is 3.51. The average molecular weight is 355 g/mol. The third-order valence-electron chi connectivity index (χ3n) is 4.09. The minimum absolute atomic E-state index is 0.0989. The molecule has 1 saturated heterocycles. The molecule has 2 aromatic heterocycles. The number of aliphatic hydroxyl groups excluding tert-OH is 3. The predicted molar refractivity (Wildman–Crippen MR) is 88.4 cm³/mol. The molecule has 132 valence electrons. The maximum absolute atomic E-state index is 10.2. The zero-order valence-electron chi connectivity index (χ0n) is 13.4. The highest BCUT2D eigenvalue weighted by molar-refractivity contribution is 8.00. The summed E-state index contributed by atoms with van der Waals surface area (Å²) < 4.78 is 7.05. The molecular formula is C14H21N5O4S. The van der Waals surface area contributed by atoms with Crippen molar-refractivity contribution in [3.63, 3.8) is 0 Å². The number of thioether (sulfide) groups is 1. The van der Waals surface area contributed by atoms with Crippen LogP contribution in [0.3, 0.4) is 0 Å². The minimum Gasteiger partial charge on any atom is -0.394 e. The predicted octanol–water partition coefficient (Wildman–Crippen LogP) is -0.0894. The normalized spacial score (nSPS) is 28.5. The topological polar surface area (TPSA) is 140 Å². The quantitative estimate of drug-likeness (QED) is 0.428. The number of hydrogen-bond donors (Lipinski definition) is 4. The molecule has 0 radical (unpaired) electrons. The molecule has 10 heteroatoms. The number of anilines is 1. The molecule has 3 heterocycles. The second kappa shape index (κ2) is 6.81. The summed E-state index contributed by atoms with van der Waals surface area (Å²) >= 11 is 1.55. The molecule has 5 atom stereocenters. The molecule has 24 heavy (non-hydrogen) atoms. The van der Waals surface area contributed by atoms with Gasteiger partial charge in [-0.25, -0.2) is 9.97 Å². The van der Waals surface area contributed by atoms with Crippen LogP contribution in [-0.4, -0.2) is 65.0 Å². The monoisotopic (exact) mass is 355 g/mol. The first-order chi connectivity index (χ1) is 11.5. The van der Waals surface area contributed by atoms with E-state index in [9.17, 15) is 15.3 Å². The minimum atomic E-state index is -1.21. The van der Waals surface area contributed by atoms with Crippen molar-refractivity contribution in [2.75, 3.05) is 12.3 Å². The molecule has 0 spiro atoms. The Morgan fingerprint density at radius 3 is 2.75 bits per heavy atom. The lowest BCUT2D eigenvalue weighted by Gasteiger charge is -2.16. The van der Waals surface area contributed by atoms with Crippen molar-refractivity contribution in [3.8, 4) is 0 Å². The van der Waals surface area contributed by atoms with E-state index in [0.717, 1.165) is 6.42 Å². The lowest BCUT2D eigenvalue weighted by atomic mass is 10.1. The van der Waals surface area contributed by atoms with Crippen LogP contribution >= 0.6 is 11.8 Å². The number of nitrogen functional groups attached to an aromatic ring is 1. The fourth-order valence-electron chi connectivity index (χ4n) is 2.56. The first-order valence-electron chi connectivity index (χ1n) is 7.75. The molecule has 0 unspecified atom stereocenters. The van der Waals surface area contributed by atoms with E-state index in [2.05, 4.69) is 28.8 Å². The van der Waals surface area contributed by atoms with Crippen LogP contribution in [0.5, 0.6) is 0 Å². The molecule has 1 aliphatic rings. The van der Waals surface area contributed by atoms with Gasteiger partial charge in [0.2, 0.25) is 5.95 Å². The molecular weight excluding hydrogens is 334 g/mol. The molecule has 0 aromatic carbocycles. The van der Waals surface area contributed by atoms with Crippen LogP contribution in [0.1, 0.15) is 26.5 Å². The average Bonchev–Trinajstić information content (AvgIpc) is 3.09. The van der Waals surface area contributed by atoms with Crippen LogP contribution in [0.2, 0.25) is 0 Å². The summed E-state index contributed by atoms with van der Waals surface area (Å²) in [6.07, 6.45) is -1.73. The van der Waals surface area contributed by atoms with Crippen LogP contribution in [0.25, 0.3) is 11.2 Å². The smallest absolute Gasteiger partial charge is 0.223 e. The summed E-state index contributed by atoms with van der Waals surface area (Å²) in [6, 6.07) is 0. The molecule has 0 bridgehead atoms. The Kier molecular flexibility index (Phi) is 4.92. The summed E-state index contributed by atoms with van der Waals surface area (Å²) in [5.74, 6) is 0.0989. The second-order valence-electron chi connectivity index (χ2n) is 5.78. The highest BCUT2D eigenvalue weighted by Crippen LogP contribution is 2.34. The van der Waals surface area contributed by atoms with E-state index in [4.69, 9.17) is 10.5 Å². The van der Waals surface area contributed by atoms with E-state index in [0.29, 0.717) is 21.4 Å². The number of nitrogens with two attached hydrogens (primary N) is 1. The van der Waals surface area contributed by atoms with Gasteiger partial charge in [0.05, 0.1) is 12.9 Å². The van der Waals surface area contributed by atoms with Gasteiger partial charge in [-0.1, -0.05) is 13.8 Å². The van der Waals surface area contributed by atoms with Crippen LogP contribution in [-0.2, 0) is 4.74 Å². The number of aliphatic hydroxyl groups is 3. The number of imidazole rings is 1. The summed E-state index contributed by atoms with van der Waals surface area (Å²) in [5.41, 5.74) is 6.80. The van der Waals surface area contributed by atoms with Crippen molar-refractivity contribution < 1.29 is 20.1 Å². The third kappa shape index (κ3) is 2.95. The summed E-state index contributed by atoms with van der Waals surface area (Å²) in [5, 5.41) is 30.4. The molecule has 5 N–H and O–H groups in total. The van der Waals surface area contributed by atoms with Crippen molar-refractivity contribution >= 4 is 28.9 Å². The van der Waals surface area contributed by atoms with E-state index in [1.165, 1.54) is 10.9 Å². The Morgan fingerprint density at radius 2 is 2.12 bits per heavy atom. The molecule has 1 aliphatic heterocycles. The number of nitrogens with zero attached hydrogens (tertiary/aromatic N) is 4. The van der Waals surface area contributed by atoms with Crippen LogP contribution in [0.4, 0.5) is 5.95 Å². The van der Waals surface area contributed by atoms with Gasteiger partial charge in [0.1, 0.15) is 28.9 Å². The van der Waals surface area contributed by atoms with Gasteiger partial charge in [-0.2, -0.15) is 4.98 Å². The largest absolute Gasteiger partial charge is 0.394 e. The van der Waals surface area contributed by atoms with Gasteiger partial charge < -0.3 is 25.8 Å². The van der Waals surface area contributed by atoms with Crippen LogP contribution < -0.4 is 5.73 Å². The van der Waals surface area contributed by atoms with E-state index < -0.39 is 31.1 Å². The Balaban J connectivity index is 2.02. The maximum Gasteiger partial charge on any atom is 0.223 e. The Morgan fingerprint density at radius 1 is 1.38 bits per heavy atom. The first kappa shape index (κ1) is 17.4. The molecule has 2 aromatic rings. The molecule has 3 rings (SSSR count). The number of aromatic nitrogens is 4. The number of fused-ring (bicyclic) bond motifs is 1. The number of hydrogen-bond acceptors (Lipinski definition) is 9. The van der Waals surface area contributed by atoms with Gasteiger partial charge in [-0.15, -0.1) is 11.8 Å². The van der Waals surface area contributed by atoms with Crippen molar-refractivity contribution in [2.45, 2.75) is 55.1 Å². The Bertz CT molecular complexity index is 726. The van der Waals surface area contributed by atoms with Gasteiger partial charge in [0.25, 0.3) is 0 Å². The van der Waals surface area contributed by atoms with Gasteiger partial charge in [-0.3, -0.25) is 4.57 Å². The van der Waals surface area contributed by atoms with Gasteiger partial charge in [0, 0.05) is 5.25 Å². The second-order valence-corrected chi connectivity index (χ2v) is 7.20. The number of ether oxygens (including phenoxy) is 1. The molecule has 1 fully saturated rings. The summed E-state index contributed by atoms with van der Waals surface area (Å²) in [6.45, 7) is 3.77. The van der Waals surface area contributed by atoms with Gasteiger partial charge in [-0.05, 0) is 6.42 Å². The Hall–Kier alpha value is -1.46. The molecule has 0 aliphatic carbocycles. The van der Waals surface area contributed by atoms with E-state index >= 15 is 0 Å². The number of rotatable bonds is 5. The molecule has 9 nitrogen and oxygen atoms in total. The van der Waals surface area contributed by atoms with E-state index in [1.54, 1.807) is 11.8 Å². The van der Waals surface area contributed by atoms with Crippen molar-refractivity contribution in [3.05, 3.63) is 6.33 Å². The lowest BCUT2D eigenvalue weighted by molar-refractivity contribution is -0.0511. The zero-order valence-corrected chi connectivity index (χ0v) is 14.2. The zero-order chi connectivity index (χ0) is 17.4.